The van der Waals surface area contributed by atoms with Gasteiger partial charge in [0, 0.05) is 30.0 Å². The lowest BCUT2D eigenvalue weighted by Crippen LogP contribution is -2.25. The van der Waals surface area contributed by atoms with Crippen molar-refractivity contribution in [2.75, 3.05) is 5.32 Å². The molecule has 2 aromatic heterocycles. The summed E-state index contributed by atoms with van der Waals surface area (Å²) in [6.45, 7) is 1.88. The molecule has 4 aromatic rings. The Kier molecular flexibility index (Phi) is 3.70. The normalized spacial score (nSPS) is 15.9. The maximum atomic E-state index is 12.5. The molecule has 0 bridgehead atoms. The molecule has 1 unspecified atom stereocenters. The first kappa shape index (κ1) is 17.1. The Morgan fingerprint density at radius 3 is 2.66 bits per heavy atom. The van der Waals surface area contributed by atoms with Gasteiger partial charge in [0.25, 0.3) is 5.69 Å². The number of non-ortho nitro benzene ring substituents is 1. The highest BCUT2D eigenvalue weighted by Gasteiger charge is 2.33. The summed E-state index contributed by atoms with van der Waals surface area (Å²) in [4.78, 5) is 30.8. The van der Waals surface area contributed by atoms with E-state index in [4.69, 9.17) is 0 Å². The molecule has 0 aliphatic carbocycles. The molecule has 0 saturated carbocycles. The van der Waals surface area contributed by atoms with Crippen LogP contribution in [0.1, 0.15) is 29.2 Å². The van der Waals surface area contributed by atoms with Gasteiger partial charge in [-0.05, 0) is 24.6 Å². The number of fused-ring (bicyclic) bond motifs is 2. The van der Waals surface area contributed by atoms with Crippen molar-refractivity contribution >= 4 is 28.4 Å². The number of nitro benzene ring substituents is 1. The molecule has 2 N–H and O–H groups in total. The van der Waals surface area contributed by atoms with Crippen molar-refractivity contribution in [2.24, 2.45) is 0 Å². The Hall–Kier alpha value is -4.01. The van der Waals surface area contributed by atoms with Gasteiger partial charge in [0.15, 0.2) is 0 Å². The molecule has 0 saturated heterocycles. The average molecular weight is 388 g/mol. The first-order valence-corrected chi connectivity index (χ1v) is 9.10. The smallest absolute Gasteiger partial charge is 0.269 e. The van der Waals surface area contributed by atoms with Gasteiger partial charge in [-0.2, -0.15) is 9.78 Å². The summed E-state index contributed by atoms with van der Waals surface area (Å²) in [5.41, 5.74) is 4.18. The minimum Gasteiger partial charge on any atom is -0.322 e. The second kappa shape index (κ2) is 6.26. The number of aromatic amines is 1. The van der Waals surface area contributed by atoms with Gasteiger partial charge in [-0.25, -0.2) is 4.98 Å². The van der Waals surface area contributed by atoms with E-state index < -0.39 is 4.92 Å². The standard InChI is InChI=1S/C20H16N6O3/c1-11-18-14(12-6-8-13(9-7-12)26(28)29)10-17(27)23-19(18)25(24-11)20-21-15-4-2-3-5-16(15)22-20/h2-9,14H,10H2,1H3,(H,21,22)(H,23,27). The summed E-state index contributed by atoms with van der Waals surface area (Å²) < 4.78 is 1.61. The molecular formula is C20H16N6O3. The van der Waals surface area contributed by atoms with Crippen LogP contribution in [-0.2, 0) is 4.79 Å². The first-order chi connectivity index (χ1) is 14.0. The number of rotatable bonds is 3. The molecule has 2 aromatic carbocycles. The molecule has 29 heavy (non-hydrogen) atoms. The molecule has 1 aliphatic rings. The third kappa shape index (κ3) is 2.75. The molecule has 5 rings (SSSR count). The predicted molar refractivity (Wildman–Crippen MR) is 106 cm³/mol. The molecule has 1 amide bonds. The molecule has 0 spiro atoms. The number of nitrogens with zero attached hydrogens (tertiary/aromatic N) is 4. The van der Waals surface area contributed by atoms with Crippen molar-refractivity contribution in [1.29, 1.82) is 0 Å². The second-order valence-corrected chi connectivity index (χ2v) is 6.99. The Morgan fingerprint density at radius 2 is 1.93 bits per heavy atom. The third-order valence-corrected chi connectivity index (χ3v) is 5.19. The number of nitrogens with one attached hydrogen (secondary N) is 2. The maximum absolute atomic E-state index is 12.5. The number of imidazole rings is 1. The van der Waals surface area contributed by atoms with Crippen LogP contribution in [0.5, 0.6) is 0 Å². The fourth-order valence-electron chi connectivity index (χ4n) is 3.85. The highest BCUT2D eigenvalue weighted by Crippen LogP contribution is 2.40. The van der Waals surface area contributed by atoms with Gasteiger partial charge in [-0.15, -0.1) is 0 Å². The minimum absolute atomic E-state index is 0.0175. The number of benzene rings is 2. The topological polar surface area (TPSA) is 119 Å². The van der Waals surface area contributed by atoms with E-state index in [0.29, 0.717) is 11.8 Å². The summed E-state index contributed by atoms with van der Waals surface area (Å²) in [5, 5.41) is 18.5. The Morgan fingerprint density at radius 1 is 1.17 bits per heavy atom. The van der Waals surface area contributed by atoms with Crippen LogP contribution in [0.3, 0.4) is 0 Å². The van der Waals surface area contributed by atoms with Gasteiger partial charge in [0.1, 0.15) is 5.82 Å². The number of para-hydroxylation sites is 2. The zero-order valence-corrected chi connectivity index (χ0v) is 15.4. The summed E-state index contributed by atoms with van der Waals surface area (Å²) >= 11 is 0. The van der Waals surface area contributed by atoms with Crippen LogP contribution in [0.15, 0.2) is 48.5 Å². The average Bonchev–Trinajstić information content (AvgIpc) is 3.28. The molecule has 9 nitrogen and oxygen atoms in total. The number of hydrogen-bond acceptors (Lipinski definition) is 5. The molecule has 3 heterocycles. The highest BCUT2D eigenvalue weighted by molar-refractivity contribution is 5.95. The van der Waals surface area contributed by atoms with E-state index in [0.717, 1.165) is 27.9 Å². The van der Waals surface area contributed by atoms with Crippen LogP contribution in [-0.4, -0.2) is 30.6 Å². The van der Waals surface area contributed by atoms with E-state index in [1.165, 1.54) is 12.1 Å². The van der Waals surface area contributed by atoms with E-state index in [2.05, 4.69) is 20.4 Å². The molecule has 9 heteroatoms. The largest absolute Gasteiger partial charge is 0.322 e. The maximum Gasteiger partial charge on any atom is 0.269 e. The minimum atomic E-state index is -0.437. The van der Waals surface area contributed by atoms with E-state index >= 15 is 0 Å². The number of carbonyl (C=O) groups is 1. The Bertz CT molecular complexity index is 1240. The monoisotopic (exact) mass is 388 g/mol. The number of amides is 1. The van der Waals surface area contributed by atoms with Crippen molar-refractivity contribution in [3.63, 3.8) is 0 Å². The lowest BCUT2D eigenvalue weighted by molar-refractivity contribution is -0.384. The van der Waals surface area contributed by atoms with E-state index in [1.54, 1.807) is 16.8 Å². The summed E-state index contributed by atoms with van der Waals surface area (Å²) in [7, 11) is 0. The predicted octanol–water partition coefficient (Wildman–Crippen LogP) is 3.44. The number of anilines is 1. The summed E-state index contributed by atoms with van der Waals surface area (Å²) in [6, 6.07) is 14.0. The molecule has 0 radical (unpaired) electrons. The van der Waals surface area contributed by atoms with Crippen LogP contribution < -0.4 is 5.32 Å². The van der Waals surface area contributed by atoms with E-state index in [1.807, 2.05) is 31.2 Å². The number of carbonyl (C=O) groups excluding carboxylic acids is 1. The van der Waals surface area contributed by atoms with Crippen molar-refractivity contribution in [1.82, 2.24) is 19.7 Å². The van der Waals surface area contributed by atoms with E-state index in [-0.39, 0.29) is 23.9 Å². The van der Waals surface area contributed by atoms with Gasteiger partial charge in [-0.1, -0.05) is 24.3 Å². The van der Waals surface area contributed by atoms with Gasteiger partial charge in [-0.3, -0.25) is 14.9 Å². The van der Waals surface area contributed by atoms with Crippen LogP contribution in [0.25, 0.3) is 17.0 Å². The van der Waals surface area contributed by atoms with Crippen molar-refractivity contribution in [3.05, 3.63) is 75.5 Å². The quantitative estimate of drug-likeness (QED) is 0.412. The molecule has 1 aliphatic heterocycles. The molecule has 1 atom stereocenters. The van der Waals surface area contributed by atoms with Gasteiger partial charge in [0.2, 0.25) is 11.9 Å². The van der Waals surface area contributed by atoms with Crippen molar-refractivity contribution < 1.29 is 9.72 Å². The second-order valence-electron chi connectivity index (χ2n) is 6.99. The lowest BCUT2D eigenvalue weighted by Gasteiger charge is -2.24. The zero-order chi connectivity index (χ0) is 20.1. The number of aromatic nitrogens is 4. The SMILES string of the molecule is Cc1nn(-c2nc3ccccc3[nH]2)c2c1C(c1ccc([N+](=O)[O-])cc1)CC(=O)N2. The van der Waals surface area contributed by atoms with Crippen LogP contribution in [0, 0.1) is 17.0 Å². The lowest BCUT2D eigenvalue weighted by atomic mass is 9.86. The summed E-state index contributed by atoms with van der Waals surface area (Å²) in [6.07, 6.45) is 0.247. The van der Waals surface area contributed by atoms with Crippen molar-refractivity contribution in [3.8, 4) is 5.95 Å². The number of hydrogen-bond donors (Lipinski definition) is 2. The van der Waals surface area contributed by atoms with Crippen LogP contribution >= 0.6 is 0 Å². The van der Waals surface area contributed by atoms with Crippen molar-refractivity contribution in [2.45, 2.75) is 19.3 Å². The molecular weight excluding hydrogens is 372 g/mol. The zero-order valence-electron chi connectivity index (χ0n) is 15.4. The van der Waals surface area contributed by atoms with Gasteiger partial charge < -0.3 is 10.3 Å². The molecule has 144 valence electrons. The fourth-order valence-corrected chi connectivity index (χ4v) is 3.85. The number of nitro groups is 1. The van der Waals surface area contributed by atoms with Crippen LogP contribution in [0.4, 0.5) is 11.5 Å². The molecule has 0 fully saturated rings. The summed E-state index contributed by atoms with van der Waals surface area (Å²) in [5.74, 6) is 0.706. The number of H-pyrrole nitrogens is 1. The van der Waals surface area contributed by atoms with Gasteiger partial charge >= 0.3 is 0 Å². The Labute approximate surface area is 164 Å². The Balaban J connectivity index is 1.63. The van der Waals surface area contributed by atoms with Crippen LogP contribution in [0.2, 0.25) is 0 Å². The first-order valence-electron chi connectivity index (χ1n) is 9.10. The van der Waals surface area contributed by atoms with E-state index in [9.17, 15) is 14.9 Å². The highest BCUT2D eigenvalue weighted by atomic mass is 16.6. The number of aryl methyl sites for hydroxylation is 1. The van der Waals surface area contributed by atoms with Gasteiger partial charge in [0.05, 0.1) is 21.7 Å². The third-order valence-electron chi connectivity index (χ3n) is 5.19. The fraction of sp³-hybridized carbons (Fsp3) is 0.150.